The molecule has 2 aromatic heterocycles. The van der Waals surface area contributed by atoms with Crippen molar-refractivity contribution in [2.45, 2.75) is 57.3 Å². The molecule has 34 heavy (non-hydrogen) atoms. The van der Waals surface area contributed by atoms with Gasteiger partial charge in [0, 0.05) is 37.4 Å². The van der Waals surface area contributed by atoms with Gasteiger partial charge in [-0.3, -0.25) is 9.79 Å². The molecule has 2 aliphatic heterocycles. The number of carbonyl (C=O) groups excluding carboxylic acids is 1. The highest BCUT2D eigenvalue weighted by Gasteiger charge is 2.42. The van der Waals surface area contributed by atoms with Crippen LogP contribution in [0.15, 0.2) is 41.7 Å². The van der Waals surface area contributed by atoms with Crippen molar-refractivity contribution in [3.63, 3.8) is 0 Å². The minimum Gasteiger partial charge on any atom is -0.372 e. The van der Waals surface area contributed by atoms with E-state index in [1.165, 1.54) is 12.8 Å². The van der Waals surface area contributed by atoms with Crippen molar-refractivity contribution in [1.82, 2.24) is 24.8 Å². The van der Waals surface area contributed by atoms with Crippen LogP contribution in [0.3, 0.4) is 0 Å². The number of anilines is 1. The van der Waals surface area contributed by atoms with E-state index in [1.54, 1.807) is 12.3 Å². The zero-order valence-corrected chi connectivity index (χ0v) is 20.0. The van der Waals surface area contributed by atoms with Crippen LogP contribution in [-0.2, 0) is 10.3 Å². The maximum absolute atomic E-state index is 12.5. The summed E-state index contributed by atoms with van der Waals surface area (Å²) in [5.74, 6) is 0.468. The van der Waals surface area contributed by atoms with Gasteiger partial charge in [0.25, 0.3) is 5.91 Å². The van der Waals surface area contributed by atoms with Gasteiger partial charge in [0.1, 0.15) is 18.0 Å². The van der Waals surface area contributed by atoms with Crippen molar-refractivity contribution in [1.29, 1.82) is 0 Å². The van der Waals surface area contributed by atoms with Crippen LogP contribution in [-0.4, -0.2) is 70.1 Å². The van der Waals surface area contributed by atoms with Gasteiger partial charge >= 0.3 is 0 Å². The van der Waals surface area contributed by atoms with Gasteiger partial charge in [-0.05, 0) is 38.8 Å². The highest BCUT2D eigenvalue weighted by molar-refractivity contribution is 5.99. The highest BCUT2D eigenvalue weighted by atomic mass is 16.5. The van der Waals surface area contributed by atoms with Crippen LogP contribution in [0.2, 0.25) is 0 Å². The summed E-state index contributed by atoms with van der Waals surface area (Å²) in [6, 6.07) is 1.91. The molecular formula is C25H33N7O2. The zero-order valence-electron chi connectivity index (χ0n) is 20.0. The predicted molar refractivity (Wildman–Crippen MR) is 133 cm³/mol. The number of rotatable bonds is 6. The summed E-state index contributed by atoms with van der Waals surface area (Å²) < 4.78 is 8.01. The van der Waals surface area contributed by atoms with Crippen molar-refractivity contribution >= 4 is 29.1 Å². The summed E-state index contributed by atoms with van der Waals surface area (Å²) in [4.78, 5) is 28.6. The number of morpholine rings is 1. The number of nitrogens with zero attached hydrogens (tertiary/aromatic N) is 5. The van der Waals surface area contributed by atoms with Gasteiger partial charge in [-0.2, -0.15) is 4.98 Å². The molecule has 9 heteroatoms. The van der Waals surface area contributed by atoms with Gasteiger partial charge in [0.2, 0.25) is 5.95 Å². The van der Waals surface area contributed by atoms with E-state index in [-0.39, 0.29) is 23.7 Å². The van der Waals surface area contributed by atoms with Gasteiger partial charge in [-0.15, -0.1) is 0 Å². The molecular weight excluding hydrogens is 430 g/mol. The summed E-state index contributed by atoms with van der Waals surface area (Å²) in [6.45, 7) is 10.6. The van der Waals surface area contributed by atoms with Crippen LogP contribution in [0.1, 0.15) is 50.0 Å². The van der Waals surface area contributed by atoms with Crippen molar-refractivity contribution in [3.05, 3.63) is 42.4 Å². The van der Waals surface area contributed by atoms with E-state index >= 15 is 0 Å². The Morgan fingerprint density at radius 2 is 2.12 bits per heavy atom. The Labute approximate surface area is 200 Å². The number of aromatic nitrogens is 3. The standard InChI is InChI=1S/C25H33N7O2/c1-4-7-20(31-13-17(2)34-18(3)14-31)12-26-16-29-24-27-11-19-10-21-23(33)28-15-25(8-5-6-9-25)32(21)22(19)30-24/h4,7,10-12,17-18H,1,5-6,8-9,13-16H2,2-3H3,(H,28,33)(H,27,29,30)/b20-7+,26-12-. The maximum atomic E-state index is 12.5. The smallest absolute Gasteiger partial charge is 0.268 e. The average molecular weight is 464 g/mol. The van der Waals surface area contributed by atoms with Crippen LogP contribution >= 0.6 is 0 Å². The Balaban J connectivity index is 1.33. The molecule has 1 amide bonds. The molecule has 2 atom stereocenters. The molecule has 2 unspecified atom stereocenters. The number of aliphatic imine (C=N–C) groups is 1. The number of fused-ring (bicyclic) bond motifs is 4. The average Bonchev–Trinajstić information content (AvgIpc) is 3.43. The fraction of sp³-hybridized carbons (Fsp3) is 0.520. The molecule has 180 valence electrons. The van der Waals surface area contributed by atoms with Gasteiger partial charge in [0.15, 0.2) is 0 Å². The van der Waals surface area contributed by atoms with Crippen LogP contribution in [0, 0.1) is 0 Å². The van der Waals surface area contributed by atoms with Crippen molar-refractivity contribution in [2.24, 2.45) is 4.99 Å². The van der Waals surface area contributed by atoms with Crippen LogP contribution in [0.4, 0.5) is 5.95 Å². The summed E-state index contributed by atoms with van der Waals surface area (Å²) in [5.41, 5.74) is 2.42. The second-order valence-electron chi connectivity index (χ2n) is 9.59. The third-order valence-corrected chi connectivity index (χ3v) is 6.99. The summed E-state index contributed by atoms with van der Waals surface area (Å²) in [5, 5.41) is 7.17. The molecule has 2 N–H and O–H groups in total. The summed E-state index contributed by atoms with van der Waals surface area (Å²) in [6.07, 6.45) is 12.2. The molecule has 2 aromatic rings. The van der Waals surface area contributed by atoms with Crippen molar-refractivity contribution < 1.29 is 9.53 Å². The topological polar surface area (TPSA) is 96.7 Å². The second kappa shape index (κ2) is 9.21. The number of amides is 1. The molecule has 1 spiro atoms. The van der Waals surface area contributed by atoms with Gasteiger partial charge in [0.05, 0.1) is 23.4 Å². The van der Waals surface area contributed by atoms with E-state index in [0.717, 1.165) is 42.7 Å². The first-order valence-corrected chi connectivity index (χ1v) is 12.1. The number of carbonyl (C=O) groups is 1. The van der Waals surface area contributed by atoms with Crippen molar-refractivity contribution in [3.8, 4) is 0 Å². The Kier molecular flexibility index (Phi) is 6.12. The Morgan fingerprint density at radius 1 is 1.35 bits per heavy atom. The Bertz CT molecular complexity index is 1140. The molecule has 2 fully saturated rings. The van der Waals surface area contributed by atoms with Crippen molar-refractivity contribution in [2.75, 3.05) is 31.6 Å². The SMILES string of the molecule is C=C/C=C(\C=N/CNc1ncc2cc3n(c2n1)C1(CCCC1)CNC3=O)N1CC(C)OC(C)C1. The molecule has 0 bridgehead atoms. The van der Waals surface area contributed by atoms with E-state index in [0.29, 0.717) is 24.9 Å². The molecule has 3 aliphatic rings. The first kappa shape index (κ1) is 22.6. The molecule has 1 saturated carbocycles. The van der Waals surface area contributed by atoms with E-state index in [9.17, 15) is 4.79 Å². The second-order valence-corrected chi connectivity index (χ2v) is 9.59. The lowest BCUT2D eigenvalue weighted by molar-refractivity contribution is -0.0558. The van der Waals surface area contributed by atoms with E-state index in [1.807, 2.05) is 18.4 Å². The van der Waals surface area contributed by atoms with Crippen LogP contribution in [0.5, 0.6) is 0 Å². The lowest BCUT2D eigenvalue weighted by atomic mass is 9.94. The molecule has 1 aliphatic carbocycles. The van der Waals surface area contributed by atoms with Crippen LogP contribution < -0.4 is 10.6 Å². The molecule has 4 heterocycles. The number of ether oxygens (including phenoxy) is 1. The normalized spacial score (nSPS) is 24.6. The lowest BCUT2D eigenvalue weighted by Crippen LogP contribution is -2.50. The fourth-order valence-corrected chi connectivity index (χ4v) is 5.56. The minimum absolute atomic E-state index is 0.0390. The van der Waals surface area contributed by atoms with Crippen LogP contribution in [0.25, 0.3) is 11.0 Å². The third-order valence-electron chi connectivity index (χ3n) is 6.99. The predicted octanol–water partition coefficient (Wildman–Crippen LogP) is 3.06. The maximum Gasteiger partial charge on any atom is 0.268 e. The highest BCUT2D eigenvalue weighted by Crippen LogP contribution is 2.41. The zero-order chi connectivity index (χ0) is 23.7. The first-order chi connectivity index (χ1) is 16.5. The number of hydrogen-bond acceptors (Lipinski definition) is 7. The number of hydrogen-bond donors (Lipinski definition) is 2. The van der Waals surface area contributed by atoms with E-state index in [2.05, 4.69) is 50.5 Å². The number of allylic oxidation sites excluding steroid dienone is 3. The molecule has 5 rings (SSSR count). The van der Waals surface area contributed by atoms with Gasteiger partial charge in [-0.1, -0.05) is 25.5 Å². The summed E-state index contributed by atoms with van der Waals surface area (Å²) in [7, 11) is 0. The molecule has 1 saturated heterocycles. The Morgan fingerprint density at radius 3 is 2.85 bits per heavy atom. The fourth-order valence-electron chi connectivity index (χ4n) is 5.56. The largest absolute Gasteiger partial charge is 0.372 e. The van der Waals surface area contributed by atoms with E-state index < -0.39 is 0 Å². The monoisotopic (exact) mass is 463 g/mol. The molecule has 0 radical (unpaired) electrons. The Hall–Kier alpha value is -3.20. The minimum atomic E-state index is -0.0778. The lowest BCUT2D eigenvalue weighted by Gasteiger charge is -2.37. The van der Waals surface area contributed by atoms with E-state index in [4.69, 9.17) is 9.72 Å². The number of nitrogens with one attached hydrogen (secondary N) is 2. The molecule has 9 nitrogen and oxygen atoms in total. The third kappa shape index (κ3) is 4.20. The quantitative estimate of drug-likeness (QED) is 0.505. The van der Waals surface area contributed by atoms with Gasteiger partial charge in [-0.25, -0.2) is 4.98 Å². The molecule has 0 aromatic carbocycles. The van der Waals surface area contributed by atoms with Gasteiger partial charge < -0.3 is 24.8 Å². The first-order valence-electron chi connectivity index (χ1n) is 12.1. The summed E-state index contributed by atoms with van der Waals surface area (Å²) >= 11 is 0.